The molecular weight excluding hydrogens is 267 g/mol. The van der Waals surface area contributed by atoms with Gasteiger partial charge in [0.25, 0.3) is 0 Å². The Morgan fingerprint density at radius 1 is 1.53 bits per heavy atom. The van der Waals surface area contributed by atoms with Crippen LogP contribution in [0.5, 0.6) is 0 Å². The van der Waals surface area contributed by atoms with E-state index in [0.717, 1.165) is 6.42 Å². The molecule has 0 saturated carbocycles. The normalized spacial score (nSPS) is 22.5. The summed E-state index contributed by atoms with van der Waals surface area (Å²) in [5.41, 5.74) is 2.43. The van der Waals surface area contributed by atoms with Crippen molar-refractivity contribution in [2.75, 3.05) is 6.61 Å². The first-order valence-corrected chi connectivity index (χ1v) is 4.76. The maximum atomic E-state index is 11.3. The van der Waals surface area contributed by atoms with Crippen molar-refractivity contribution in [2.24, 2.45) is 0 Å². The minimum absolute atomic E-state index is 0. The second kappa shape index (κ2) is 4.22. The molecule has 15 heavy (non-hydrogen) atoms. The molecule has 2 aliphatic rings. The summed E-state index contributed by atoms with van der Waals surface area (Å²) < 4.78 is 5.00. The Morgan fingerprint density at radius 2 is 2.40 bits per heavy atom. The van der Waals surface area contributed by atoms with Gasteiger partial charge in [-0.1, -0.05) is 0 Å². The number of fused-ring (bicyclic) bond motifs is 2. The van der Waals surface area contributed by atoms with Gasteiger partial charge in [0.1, 0.15) is 6.61 Å². The van der Waals surface area contributed by atoms with E-state index in [4.69, 9.17) is 4.74 Å². The van der Waals surface area contributed by atoms with Gasteiger partial charge in [-0.3, -0.25) is 0 Å². The van der Waals surface area contributed by atoms with E-state index in [0.29, 0.717) is 13.2 Å². The number of rotatable bonds is 0. The number of amides is 1. The molecule has 0 bridgehead atoms. The molecule has 0 aromatic heterocycles. The third-order valence-corrected chi connectivity index (χ3v) is 2.89. The Morgan fingerprint density at radius 3 is 3.27 bits per heavy atom. The van der Waals surface area contributed by atoms with Crippen LogP contribution in [-0.2, 0) is 50.4 Å². The van der Waals surface area contributed by atoms with Gasteiger partial charge in [-0.2, -0.15) is 29.8 Å². The number of benzene rings is 1. The van der Waals surface area contributed by atoms with E-state index >= 15 is 0 Å². The summed E-state index contributed by atoms with van der Waals surface area (Å²) in [4.78, 5) is 13.1. The minimum atomic E-state index is -0.176. The van der Waals surface area contributed by atoms with Crippen LogP contribution < -0.4 is 0 Å². The summed E-state index contributed by atoms with van der Waals surface area (Å²) in [7, 11) is 0. The van der Waals surface area contributed by atoms with Crippen molar-refractivity contribution in [3.05, 3.63) is 35.4 Å². The van der Waals surface area contributed by atoms with Crippen LogP contribution in [0, 0.1) is 6.07 Å². The van der Waals surface area contributed by atoms with Crippen molar-refractivity contribution in [1.29, 1.82) is 0 Å². The van der Waals surface area contributed by atoms with Gasteiger partial charge in [0, 0.05) is 39.3 Å². The molecule has 4 heteroatoms. The van der Waals surface area contributed by atoms with Gasteiger partial charge in [0.05, 0.1) is 6.04 Å². The van der Waals surface area contributed by atoms with Crippen LogP contribution in [0.1, 0.15) is 11.1 Å². The van der Waals surface area contributed by atoms with Gasteiger partial charge in [0.15, 0.2) is 0 Å². The Labute approximate surface area is 114 Å². The molecule has 0 spiro atoms. The smallest absolute Gasteiger partial charge is 0.409 e. The van der Waals surface area contributed by atoms with Crippen LogP contribution >= 0.6 is 0 Å². The predicted molar refractivity (Wildman–Crippen MR) is 49.7 cm³/mol. The number of carbonyl (C=O) groups excluding carboxylic acids is 1. The van der Waals surface area contributed by atoms with Crippen LogP contribution in [-0.4, -0.2) is 23.6 Å². The Kier molecular flexibility index (Phi) is 3.12. The van der Waals surface area contributed by atoms with Crippen LogP contribution in [0.2, 0.25) is 0 Å². The fraction of sp³-hybridized carbons (Fsp3) is 0.364. The van der Waals surface area contributed by atoms with Gasteiger partial charge in [-0.15, -0.1) is 5.56 Å². The molecule has 3 nitrogen and oxygen atoms in total. The van der Waals surface area contributed by atoms with Crippen LogP contribution in [0.25, 0.3) is 0 Å². The van der Waals surface area contributed by atoms with Gasteiger partial charge < -0.3 is 9.64 Å². The molecular formula is C11H10NO2Y-. The first-order valence-electron chi connectivity index (χ1n) is 4.76. The fourth-order valence-electron chi connectivity index (χ4n) is 2.12. The zero-order valence-corrected chi connectivity index (χ0v) is 11.1. The SMILES string of the molecule is O=C1OCC2Cc3[c-]cccc3CN12.[Y]. The van der Waals surface area contributed by atoms with E-state index in [1.165, 1.54) is 11.1 Å². The number of cyclic esters (lactones) is 1. The van der Waals surface area contributed by atoms with Crippen molar-refractivity contribution >= 4 is 6.09 Å². The average molecular weight is 277 g/mol. The molecule has 1 aromatic rings. The molecule has 1 aromatic carbocycles. The van der Waals surface area contributed by atoms with E-state index in [1.807, 2.05) is 18.2 Å². The monoisotopic (exact) mass is 277 g/mol. The molecule has 3 rings (SSSR count). The van der Waals surface area contributed by atoms with Gasteiger partial charge >= 0.3 is 6.09 Å². The molecule has 2 heterocycles. The van der Waals surface area contributed by atoms with E-state index in [9.17, 15) is 4.79 Å². The average Bonchev–Trinajstić information content (AvgIpc) is 2.57. The molecule has 2 aliphatic heterocycles. The second-order valence-corrected chi connectivity index (χ2v) is 3.74. The minimum Gasteiger partial charge on any atom is -0.447 e. The molecule has 1 saturated heterocycles. The molecule has 75 valence electrons. The summed E-state index contributed by atoms with van der Waals surface area (Å²) in [5, 5.41) is 0. The number of ether oxygens (including phenoxy) is 1. The Bertz CT molecular complexity index is 394. The summed E-state index contributed by atoms with van der Waals surface area (Å²) in [5.74, 6) is 0. The number of carbonyl (C=O) groups is 1. The summed E-state index contributed by atoms with van der Waals surface area (Å²) in [6.07, 6.45) is 0.701. The summed E-state index contributed by atoms with van der Waals surface area (Å²) in [6, 6.07) is 9.38. The third-order valence-electron chi connectivity index (χ3n) is 2.89. The summed E-state index contributed by atoms with van der Waals surface area (Å²) in [6.45, 7) is 1.21. The van der Waals surface area contributed by atoms with Crippen LogP contribution in [0.15, 0.2) is 18.2 Å². The Balaban J connectivity index is 0.000000853. The Hall–Kier alpha value is -0.406. The standard InChI is InChI=1S/C11H10NO2.Y/c13-11-12-6-9-4-2-1-3-8(9)5-10(12)7-14-11;/h1-2,4,10H,5-7H2;/q-1;. The first kappa shape index (κ1) is 11.1. The number of hydrogen-bond donors (Lipinski definition) is 0. The quantitative estimate of drug-likeness (QED) is 0.670. The molecule has 0 aliphatic carbocycles. The zero-order chi connectivity index (χ0) is 9.54. The van der Waals surface area contributed by atoms with Crippen molar-refractivity contribution in [3.63, 3.8) is 0 Å². The van der Waals surface area contributed by atoms with E-state index < -0.39 is 0 Å². The van der Waals surface area contributed by atoms with E-state index in [2.05, 4.69) is 6.07 Å². The molecule has 1 fully saturated rings. The van der Waals surface area contributed by atoms with Crippen molar-refractivity contribution in [2.45, 2.75) is 19.0 Å². The second-order valence-electron chi connectivity index (χ2n) is 3.74. The van der Waals surface area contributed by atoms with Crippen LogP contribution in [0.4, 0.5) is 4.79 Å². The zero-order valence-electron chi connectivity index (χ0n) is 8.27. The molecule has 1 atom stereocenters. The number of nitrogens with zero attached hydrogens (tertiary/aromatic N) is 1. The van der Waals surface area contributed by atoms with Crippen molar-refractivity contribution in [3.8, 4) is 0 Å². The third kappa shape index (κ3) is 1.83. The van der Waals surface area contributed by atoms with Crippen LogP contribution in [0.3, 0.4) is 0 Å². The van der Waals surface area contributed by atoms with Crippen molar-refractivity contribution in [1.82, 2.24) is 4.90 Å². The first-order chi connectivity index (χ1) is 6.84. The number of hydrogen-bond acceptors (Lipinski definition) is 2. The molecule has 1 unspecified atom stereocenters. The van der Waals surface area contributed by atoms with Gasteiger partial charge in [0.2, 0.25) is 0 Å². The van der Waals surface area contributed by atoms with E-state index in [1.54, 1.807) is 4.90 Å². The molecule has 1 radical (unpaired) electrons. The predicted octanol–water partition coefficient (Wildman–Crippen LogP) is 1.36. The maximum Gasteiger partial charge on any atom is 0.409 e. The summed E-state index contributed by atoms with van der Waals surface area (Å²) >= 11 is 0. The fourth-order valence-corrected chi connectivity index (χ4v) is 2.12. The molecule has 0 N–H and O–H groups in total. The van der Waals surface area contributed by atoms with Crippen molar-refractivity contribution < 1.29 is 42.2 Å². The molecule has 1 amide bonds. The largest absolute Gasteiger partial charge is 0.447 e. The van der Waals surface area contributed by atoms with Gasteiger partial charge in [-0.25, -0.2) is 4.79 Å². The maximum absolute atomic E-state index is 11.3. The van der Waals surface area contributed by atoms with Gasteiger partial charge in [-0.05, 0) is 6.42 Å². The topological polar surface area (TPSA) is 29.5 Å². The van der Waals surface area contributed by atoms with E-state index in [-0.39, 0.29) is 44.8 Å².